The lowest BCUT2D eigenvalue weighted by Gasteiger charge is -2.27. The highest BCUT2D eigenvalue weighted by Crippen LogP contribution is 2.38. The Labute approximate surface area is 119 Å². The standard InChI is InChI=1S/C14H20FNO3S/c1-14(2)7-3-4-13(14)16-20(18,19)12-6-5-10(9-17)8-11(12)15/h5-6,8,13,16-17H,3-4,7,9H2,1-2H3. The third-order valence-corrected chi connectivity index (χ3v) is 5.53. The van der Waals surface area contributed by atoms with E-state index in [1.807, 2.05) is 13.8 Å². The van der Waals surface area contributed by atoms with Crippen molar-refractivity contribution in [2.45, 2.75) is 50.7 Å². The Morgan fingerprint density at radius 1 is 1.45 bits per heavy atom. The molecule has 0 aromatic heterocycles. The van der Waals surface area contributed by atoms with E-state index < -0.39 is 15.8 Å². The van der Waals surface area contributed by atoms with Crippen LogP contribution in [0.5, 0.6) is 0 Å². The summed E-state index contributed by atoms with van der Waals surface area (Å²) in [4.78, 5) is -0.364. The molecule has 20 heavy (non-hydrogen) atoms. The van der Waals surface area contributed by atoms with Gasteiger partial charge in [0, 0.05) is 6.04 Å². The molecule has 2 N–H and O–H groups in total. The van der Waals surface area contributed by atoms with Gasteiger partial charge in [0.25, 0.3) is 0 Å². The lowest BCUT2D eigenvalue weighted by Crippen LogP contribution is -2.41. The van der Waals surface area contributed by atoms with Crippen molar-refractivity contribution in [2.24, 2.45) is 5.41 Å². The number of halogens is 1. The van der Waals surface area contributed by atoms with Crippen LogP contribution in [0.15, 0.2) is 23.1 Å². The number of hydrogen-bond donors (Lipinski definition) is 2. The summed E-state index contributed by atoms with van der Waals surface area (Å²) >= 11 is 0. The highest BCUT2D eigenvalue weighted by Gasteiger charge is 2.37. The average molecular weight is 301 g/mol. The summed E-state index contributed by atoms with van der Waals surface area (Å²) in [6.07, 6.45) is 2.68. The van der Waals surface area contributed by atoms with Crippen LogP contribution in [-0.2, 0) is 16.6 Å². The van der Waals surface area contributed by atoms with Gasteiger partial charge in [-0.1, -0.05) is 26.3 Å². The van der Waals surface area contributed by atoms with Crippen LogP contribution in [0.25, 0.3) is 0 Å². The molecule has 0 saturated heterocycles. The SMILES string of the molecule is CC1(C)CCCC1NS(=O)(=O)c1ccc(CO)cc1F. The molecule has 0 spiro atoms. The topological polar surface area (TPSA) is 66.4 Å². The second kappa shape index (κ2) is 5.42. The van der Waals surface area contributed by atoms with Gasteiger partial charge in [0.1, 0.15) is 10.7 Å². The number of benzene rings is 1. The molecule has 1 aliphatic rings. The molecule has 0 aliphatic heterocycles. The zero-order valence-electron chi connectivity index (χ0n) is 11.7. The second-order valence-electron chi connectivity index (χ2n) is 5.98. The predicted molar refractivity (Wildman–Crippen MR) is 74.1 cm³/mol. The van der Waals surface area contributed by atoms with E-state index in [0.29, 0.717) is 5.56 Å². The summed E-state index contributed by atoms with van der Waals surface area (Å²) in [5.74, 6) is -0.833. The van der Waals surface area contributed by atoms with E-state index in [1.165, 1.54) is 12.1 Å². The van der Waals surface area contributed by atoms with Gasteiger partial charge in [-0.3, -0.25) is 0 Å². The van der Waals surface area contributed by atoms with Crippen LogP contribution in [0.3, 0.4) is 0 Å². The molecule has 1 unspecified atom stereocenters. The van der Waals surface area contributed by atoms with Crippen LogP contribution in [0, 0.1) is 11.2 Å². The first-order valence-electron chi connectivity index (χ1n) is 6.68. The third-order valence-electron chi connectivity index (χ3n) is 4.02. The van der Waals surface area contributed by atoms with Crippen molar-refractivity contribution >= 4 is 10.0 Å². The third kappa shape index (κ3) is 3.02. The van der Waals surface area contributed by atoms with Crippen molar-refractivity contribution in [3.63, 3.8) is 0 Å². The van der Waals surface area contributed by atoms with Crippen LogP contribution in [0.1, 0.15) is 38.7 Å². The van der Waals surface area contributed by atoms with Gasteiger partial charge in [0.05, 0.1) is 6.61 Å². The minimum atomic E-state index is -3.88. The van der Waals surface area contributed by atoms with Crippen LogP contribution in [-0.4, -0.2) is 19.6 Å². The Kier molecular flexibility index (Phi) is 4.18. The maximum Gasteiger partial charge on any atom is 0.243 e. The van der Waals surface area contributed by atoms with Crippen molar-refractivity contribution in [3.05, 3.63) is 29.6 Å². The van der Waals surface area contributed by atoms with Crippen LogP contribution in [0.2, 0.25) is 0 Å². The molecule has 1 aliphatic carbocycles. The van der Waals surface area contributed by atoms with Gasteiger partial charge in [0.15, 0.2) is 0 Å². The first-order valence-corrected chi connectivity index (χ1v) is 8.16. The van der Waals surface area contributed by atoms with Gasteiger partial charge in [-0.05, 0) is 36.0 Å². The number of aliphatic hydroxyl groups excluding tert-OH is 1. The monoisotopic (exact) mass is 301 g/mol. The van der Waals surface area contributed by atoms with Crippen LogP contribution < -0.4 is 4.72 Å². The molecular formula is C14H20FNO3S. The van der Waals surface area contributed by atoms with E-state index in [2.05, 4.69) is 4.72 Å². The Morgan fingerprint density at radius 3 is 2.65 bits per heavy atom. The molecule has 1 fully saturated rings. The maximum absolute atomic E-state index is 13.9. The van der Waals surface area contributed by atoms with Gasteiger partial charge in [-0.15, -0.1) is 0 Å². The van der Waals surface area contributed by atoms with Gasteiger partial charge in [-0.2, -0.15) is 0 Å². The summed E-state index contributed by atoms with van der Waals surface area (Å²) < 4.78 is 41.0. The van der Waals surface area contributed by atoms with Crippen molar-refractivity contribution in [3.8, 4) is 0 Å². The first kappa shape index (κ1) is 15.4. The van der Waals surface area contributed by atoms with Crippen LogP contribution >= 0.6 is 0 Å². The summed E-state index contributed by atoms with van der Waals surface area (Å²) in [6.45, 7) is 3.71. The number of nitrogens with one attached hydrogen (secondary N) is 1. The normalized spacial score (nSPS) is 22.1. The van der Waals surface area contributed by atoms with E-state index in [9.17, 15) is 12.8 Å². The predicted octanol–water partition coefficient (Wildman–Crippen LogP) is 2.17. The van der Waals surface area contributed by atoms with Gasteiger partial charge in [-0.25, -0.2) is 17.5 Å². The van der Waals surface area contributed by atoms with E-state index in [-0.39, 0.29) is 23.0 Å². The lowest BCUT2D eigenvalue weighted by molar-refractivity contribution is 0.281. The Morgan fingerprint density at radius 2 is 2.15 bits per heavy atom. The molecule has 112 valence electrons. The highest BCUT2D eigenvalue weighted by molar-refractivity contribution is 7.89. The quantitative estimate of drug-likeness (QED) is 0.895. The van der Waals surface area contributed by atoms with Crippen molar-refractivity contribution in [1.82, 2.24) is 4.72 Å². The Hall–Kier alpha value is -0.980. The molecule has 1 aromatic rings. The largest absolute Gasteiger partial charge is 0.392 e. The smallest absolute Gasteiger partial charge is 0.243 e. The molecule has 6 heteroatoms. The van der Waals surface area contributed by atoms with Crippen molar-refractivity contribution < 1.29 is 17.9 Å². The van der Waals surface area contributed by atoms with E-state index in [4.69, 9.17) is 5.11 Å². The Bertz CT molecular complexity index is 598. The molecule has 1 saturated carbocycles. The molecule has 0 bridgehead atoms. The highest BCUT2D eigenvalue weighted by atomic mass is 32.2. The molecule has 2 rings (SSSR count). The molecule has 1 atom stereocenters. The Balaban J connectivity index is 2.27. The second-order valence-corrected chi connectivity index (χ2v) is 7.66. The number of aliphatic hydroxyl groups is 1. The minimum absolute atomic E-state index is 0.116. The lowest BCUT2D eigenvalue weighted by atomic mass is 9.88. The number of sulfonamides is 1. The molecule has 0 radical (unpaired) electrons. The van der Waals surface area contributed by atoms with Crippen molar-refractivity contribution in [2.75, 3.05) is 0 Å². The summed E-state index contributed by atoms with van der Waals surface area (Å²) in [5.41, 5.74) is 0.233. The zero-order valence-corrected chi connectivity index (χ0v) is 12.5. The van der Waals surface area contributed by atoms with Gasteiger partial charge >= 0.3 is 0 Å². The van der Waals surface area contributed by atoms with Gasteiger partial charge < -0.3 is 5.11 Å². The maximum atomic E-state index is 13.9. The first-order chi connectivity index (χ1) is 9.26. The fourth-order valence-electron chi connectivity index (χ4n) is 2.66. The van der Waals surface area contributed by atoms with Gasteiger partial charge in [0.2, 0.25) is 10.0 Å². The number of rotatable bonds is 4. The van der Waals surface area contributed by atoms with E-state index in [0.717, 1.165) is 25.3 Å². The minimum Gasteiger partial charge on any atom is -0.392 e. The fraction of sp³-hybridized carbons (Fsp3) is 0.571. The van der Waals surface area contributed by atoms with Crippen molar-refractivity contribution in [1.29, 1.82) is 0 Å². The molecule has 4 nitrogen and oxygen atoms in total. The molecule has 0 heterocycles. The van der Waals surface area contributed by atoms with Crippen LogP contribution in [0.4, 0.5) is 4.39 Å². The van der Waals surface area contributed by atoms with E-state index >= 15 is 0 Å². The summed E-state index contributed by atoms with van der Waals surface area (Å²) in [6, 6.07) is 3.49. The molecular weight excluding hydrogens is 281 g/mol. The average Bonchev–Trinajstić information content (AvgIpc) is 2.67. The fourth-order valence-corrected chi connectivity index (χ4v) is 4.16. The van der Waals surface area contributed by atoms with E-state index in [1.54, 1.807) is 0 Å². The zero-order chi connectivity index (χ0) is 15.0. The summed E-state index contributed by atoms with van der Waals surface area (Å²) in [7, 11) is -3.88. The summed E-state index contributed by atoms with van der Waals surface area (Å²) in [5, 5.41) is 8.92. The molecule has 1 aromatic carbocycles. The number of hydrogen-bond acceptors (Lipinski definition) is 3. The molecule has 0 amide bonds.